The van der Waals surface area contributed by atoms with Gasteiger partial charge in [0.05, 0.1) is 4.70 Å². The molecule has 6 heteroatoms. The summed E-state index contributed by atoms with van der Waals surface area (Å²) in [5, 5.41) is 10.1. The van der Waals surface area contributed by atoms with Crippen molar-refractivity contribution >= 4 is 38.3 Å². The predicted molar refractivity (Wildman–Crippen MR) is 95.9 cm³/mol. The number of amides is 1. The Kier molecular flexibility index (Phi) is 3.99. The van der Waals surface area contributed by atoms with Crippen molar-refractivity contribution in [1.29, 1.82) is 0 Å². The van der Waals surface area contributed by atoms with Gasteiger partial charge in [-0.2, -0.15) is 0 Å². The molecule has 3 rings (SSSR count). The smallest absolute Gasteiger partial charge is 0.347 e. The summed E-state index contributed by atoms with van der Waals surface area (Å²) in [5.74, 6) is -0.496. The second-order valence-corrected chi connectivity index (χ2v) is 6.50. The average Bonchev–Trinajstić information content (AvgIpc) is 2.95. The summed E-state index contributed by atoms with van der Waals surface area (Å²) in [6.45, 7) is 5.27. The van der Waals surface area contributed by atoms with Crippen LogP contribution in [0.15, 0.2) is 52.2 Å². The molecule has 3 aromatic rings. The molecule has 0 aliphatic rings. The molecule has 122 valence electrons. The number of hydrogen-bond donors (Lipinski definition) is 1. The standard InChI is InChI=1S/C18H15NO4S/c1-10-5-4-6-12(7-10)17(21)19(3)16-9-14-15(24-16)8-13(11(2)20)18(22)23-14/h4-9,20H,2H2,1,3H3. The van der Waals surface area contributed by atoms with E-state index in [1.54, 1.807) is 19.2 Å². The maximum atomic E-state index is 12.6. The molecule has 0 saturated carbocycles. The molecular weight excluding hydrogens is 326 g/mol. The highest BCUT2D eigenvalue weighted by Gasteiger charge is 2.18. The summed E-state index contributed by atoms with van der Waals surface area (Å²) >= 11 is 1.29. The molecule has 0 bridgehead atoms. The number of carbonyl (C=O) groups excluding carboxylic acids is 1. The lowest BCUT2D eigenvalue weighted by molar-refractivity contribution is 0.0993. The zero-order valence-electron chi connectivity index (χ0n) is 13.2. The van der Waals surface area contributed by atoms with Gasteiger partial charge in [-0.25, -0.2) is 4.79 Å². The lowest BCUT2D eigenvalue weighted by Crippen LogP contribution is -2.25. The number of rotatable bonds is 3. The molecule has 1 aromatic carbocycles. The Labute approximate surface area is 142 Å². The van der Waals surface area contributed by atoms with E-state index in [0.29, 0.717) is 20.8 Å². The molecule has 5 nitrogen and oxygen atoms in total. The van der Waals surface area contributed by atoms with Gasteiger partial charge >= 0.3 is 5.63 Å². The predicted octanol–water partition coefficient (Wildman–Crippen LogP) is 3.97. The number of fused-ring (bicyclic) bond motifs is 1. The zero-order valence-corrected chi connectivity index (χ0v) is 14.0. The van der Waals surface area contributed by atoms with E-state index in [9.17, 15) is 14.7 Å². The largest absolute Gasteiger partial charge is 0.508 e. The van der Waals surface area contributed by atoms with Crippen LogP contribution in [0.2, 0.25) is 0 Å². The van der Waals surface area contributed by atoms with Crippen molar-refractivity contribution in [2.24, 2.45) is 0 Å². The molecule has 0 aliphatic heterocycles. The van der Waals surface area contributed by atoms with Crippen molar-refractivity contribution in [2.75, 3.05) is 11.9 Å². The van der Waals surface area contributed by atoms with Crippen molar-refractivity contribution in [3.63, 3.8) is 0 Å². The molecular formula is C18H15NO4S. The number of thiophene rings is 1. The summed E-state index contributed by atoms with van der Waals surface area (Å²) in [5.41, 5.74) is 1.31. The Hall–Kier alpha value is -2.86. The number of carbonyl (C=O) groups is 1. The van der Waals surface area contributed by atoms with Crippen LogP contribution < -0.4 is 10.5 Å². The minimum absolute atomic E-state index is 0.0172. The number of benzene rings is 1. The van der Waals surface area contributed by atoms with Gasteiger partial charge in [0.15, 0.2) is 5.58 Å². The molecule has 2 heterocycles. The number of aryl methyl sites for hydroxylation is 1. The topological polar surface area (TPSA) is 70.8 Å². The van der Waals surface area contributed by atoms with Crippen LogP contribution in [0.25, 0.3) is 16.0 Å². The second kappa shape index (κ2) is 5.98. The van der Waals surface area contributed by atoms with Gasteiger partial charge in [0, 0.05) is 18.7 Å². The first-order valence-corrected chi connectivity index (χ1v) is 7.99. The summed E-state index contributed by atoms with van der Waals surface area (Å²) < 4.78 is 5.84. The molecule has 0 fully saturated rings. The summed E-state index contributed by atoms with van der Waals surface area (Å²) in [6, 6.07) is 10.5. The Morgan fingerprint density at radius 3 is 2.71 bits per heavy atom. The number of aliphatic hydroxyl groups excluding tert-OH is 1. The van der Waals surface area contributed by atoms with E-state index in [1.165, 1.54) is 22.3 Å². The SMILES string of the molecule is C=C(O)c1cc2sc(N(C)C(=O)c3cccc(C)c3)cc2oc1=O. The summed E-state index contributed by atoms with van der Waals surface area (Å²) in [4.78, 5) is 25.9. The third-order valence-corrected chi connectivity index (χ3v) is 4.76. The minimum atomic E-state index is -0.660. The molecule has 0 spiro atoms. The van der Waals surface area contributed by atoms with Crippen LogP contribution in [-0.2, 0) is 0 Å². The number of hydrogen-bond acceptors (Lipinski definition) is 5. The highest BCUT2D eigenvalue weighted by atomic mass is 32.1. The third-order valence-electron chi connectivity index (χ3n) is 3.62. The molecule has 0 saturated heterocycles. The molecule has 0 atom stereocenters. The zero-order chi connectivity index (χ0) is 17.4. The number of anilines is 1. The van der Waals surface area contributed by atoms with Gasteiger partial charge in [0.2, 0.25) is 0 Å². The van der Waals surface area contributed by atoms with E-state index >= 15 is 0 Å². The highest BCUT2D eigenvalue weighted by Crippen LogP contribution is 2.33. The van der Waals surface area contributed by atoms with Gasteiger partial charge in [-0.3, -0.25) is 4.79 Å². The van der Waals surface area contributed by atoms with Crippen LogP contribution in [0.1, 0.15) is 21.5 Å². The number of nitrogens with zero attached hydrogens (tertiary/aromatic N) is 1. The molecule has 0 unspecified atom stereocenters. The molecule has 24 heavy (non-hydrogen) atoms. The van der Waals surface area contributed by atoms with Crippen LogP contribution >= 0.6 is 11.3 Å². The normalized spacial score (nSPS) is 10.8. The summed E-state index contributed by atoms with van der Waals surface area (Å²) in [7, 11) is 1.67. The van der Waals surface area contributed by atoms with Gasteiger partial charge in [0.1, 0.15) is 16.3 Å². The molecule has 0 radical (unpaired) electrons. The van der Waals surface area contributed by atoms with Crippen LogP contribution in [0.3, 0.4) is 0 Å². The quantitative estimate of drug-likeness (QED) is 0.732. The third kappa shape index (κ3) is 2.83. The van der Waals surface area contributed by atoms with E-state index in [2.05, 4.69) is 6.58 Å². The second-order valence-electron chi connectivity index (χ2n) is 5.44. The van der Waals surface area contributed by atoms with E-state index in [1.807, 2.05) is 25.1 Å². The molecule has 1 amide bonds. The minimum Gasteiger partial charge on any atom is -0.508 e. The van der Waals surface area contributed by atoms with Crippen molar-refractivity contribution in [1.82, 2.24) is 0 Å². The van der Waals surface area contributed by atoms with Crippen molar-refractivity contribution in [3.8, 4) is 0 Å². The van der Waals surface area contributed by atoms with Crippen molar-refractivity contribution in [3.05, 3.63) is 70.1 Å². The van der Waals surface area contributed by atoms with Gasteiger partial charge in [-0.05, 0) is 25.1 Å². The fourth-order valence-corrected chi connectivity index (χ4v) is 3.33. The van der Waals surface area contributed by atoms with Gasteiger partial charge < -0.3 is 14.4 Å². The van der Waals surface area contributed by atoms with Crippen LogP contribution in [0, 0.1) is 6.92 Å². The monoisotopic (exact) mass is 341 g/mol. The fourth-order valence-electron chi connectivity index (χ4n) is 2.34. The Morgan fingerprint density at radius 2 is 2.04 bits per heavy atom. The lowest BCUT2D eigenvalue weighted by atomic mass is 10.1. The van der Waals surface area contributed by atoms with Crippen molar-refractivity contribution < 1.29 is 14.3 Å². The molecule has 0 aliphatic carbocycles. The Balaban J connectivity index is 2.01. The van der Waals surface area contributed by atoms with Crippen LogP contribution in [0.5, 0.6) is 0 Å². The van der Waals surface area contributed by atoms with E-state index < -0.39 is 5.63 Å². The van der Waals surface area contributed by atoms with E-state index in [-0.39, 0.29) is 17.2 Å². The maximum absolute atomic E-state index is 12.6. The van der Waals surface area contributed by atoms with Gasteiger partial charge in [-0.15, -0.1) is 11.3 Å². The van der Waals surface area contributed by atoms with Crippen LogP contribution in [-0.4, -0.2) is 18.1 Å². The Bertz CT molecular complexity index is 1020. The molecule has 2 aromatic heterocycles. The van der Waals surface area contributed by atoms with Crippen LogP contribution in [0.4, 0.5) is 5.00 Å². The fraction of sp³-hybridized carbons (Fsp3) is 0.111. The highest BCUT2D eigenvalue weighted by molar-refractivity contribution is 7.22. The first-order valence-electron chi connectivity index (χ1n) is 7.17. The first kappa shape index (κ1) is 16.0. The first-order chi connectivity index (χ1) is 11.4. The molecule has 1 N–H and O–H groups in total. The van der Waals surface area contributed by atoms with Gasteiger partial charge in [0.25, 0.3) is 5.91 Å². The maximum Gasteiger partial charge on any atom is 0.347 e. The van der Waals surface area contributed by atoms with Crippen molar-refractivity contribution in [2.45, 2.75) is 6.92 Å². The number of aliphatic hydroxyl groups is 1. The van der Waals surface area contributed by atoms with E-state index in [0.717, 1.165) is 5.56 Å². The average molecular weight is 341 g/mol. The lowest BCUT2D eigenvalue weighted by Gasteiger charge is -2.14. The van der Waals surface area contributed by atoms with Gasteiger partial charge in [-0.1, -0.05) is 24.3 Å². The Morgan fingerprint density at radius 1 is 1.29 bits per heavy atom. The van der Waals surface area contributed by atoms with E-state index in [4.69, 9.17) is 4.42 Å². The summed E-state index contributed by atoms with van der Waals surface area (Å²) in [6.07, 6.45) is 0.